The lowest BCUT2D eigenvalue weighted by Crippen LogP contribution is -1.96. The lowest BCUT2D eigenvalue weighted by atomic mass is 10.2. The quantitative estimate of drug-likeness (QED) is 0.739. The zero-order chi connectivity index (χ0) is 12.5. The van der Waals surface area contributed by atoms with E-state index in [1.54, 1.807) is 0 Å². The Hall–Kier alpha value is -2.50. The van der Waals surface area contributed by atoms with Crippen molar-refractivity contribution in [1.82, 2.24) is 24.7 Å². The minimum Gasteiger partial charge on any atom is -0.324 e. The van der Waals surface area contributed by atoms with Gasteiger partial charge in [0.05, 0.1) is 5.52 Å². The van der Waals surface area contributed by atoms with Crippen LogP contribution in [0.1, 0.15) is 5.69 Å². The van der Waals surface area contributed by atoms with Gasteiger partial charge in [-0.2, -0.15) is 5.10 Å². The average molecular weight is 240 g/mol. The second-order valence-corrected chi connectivity index (χ2v) is 4.03. The van der Waals surface area contributed by atoms with Crippen LogP contribution in [-0.2, 0) is 7.05 Å². The Morgan fingerprint density at radius 1 is 1.17 bits per heavy atom. The predicted octanol–water partition coefficient (Wildman–Crippen LogP) is 1.81. The van der Waals surface area contributed by atoms with Gasteiger partial charge in [0.2, 0.25) is 5.95 Å². The fourth-order valence-electron chi connectivity index (χ4n) is 1.84. The Balaban J connectivity index is 1.99. The maximum absolute atomic E-state index is 4.44. The second kappa shape index (κ2) is 4.06. The van der Waals surface area contributed by atoms with Crippen molar-refractivity contribution in [3.63, 3.8) is 0 Å². The monoisotopic (exact) mass is 240 g/mol. The molecule has 2 aromatic heterocycles. The number of rotatable bonds is 2. The van der Waals surface area contributed by atoms with Crippen LogP contribution in [0.25, 0.3) is 10.9 Å². The molecule has 0 atom stereocenters. The summed E-state index contributed by atoms with van der Waals surface area (Å²) in [5, 5.41) is 8.70. The molecule has 0 spiro atoms. The summed E-state index contributed by atoms with van der Waals surface area (Å²) in [4.78, 5) is 11.8. The standard InChI is InChI=1S/C12H12N6/c1-8-10-4-3-9(5-11(10)17-18(8)2)16-12-14-6-13-7-15-12/h3-7H,1-2H3,(H,13,14,15,16). The summed E-state index contributed by atoms with van der Waals surface area (Å²) in [5.74, 6) is 0.525. The Labute approximate surface area is 104 Å². The number of aromatic nitrogens is 5. The van der Waals surface area contributed by atoms with Crippen molar-refractivity contribution in [2.24, 2.45) is 7.05 Å². The number of aryl methyl sites for hydroxylation is 2. The first-order valence-corrected chi connectivity index (χ1v) is 5.56. The highest BCUT2D eigenvalue weighted by Gasteiger charge is 2.05. The molecule has 0 saturated carbocycles. The van der Waals surface area contributed by atoms with Crippen LogP contribution in [-0.4, -0.2) is 24.7 Å². The van der Waals surface area contributed by atoms with E-state index in [0.29, 0.717) is 5.95 Å². The number of nitrogens with zero attached hydrogens (tertiary/aromatic N) is 5. The smallest absolute Gasteiger partial charge is 0.230 e. The number of fused-ring (bicyclic) bond motifs is 1. The third kappa shape index (κ3) is 1.77. The molecule has 1 N–H and O–H groups in total. The van der Waals surface area contributed by atoms with Crippen LogP contribution < -0.4 is 5.32 Å². The van der Waals surface area contributed by atoms with Crippen LogP contribution in [0.2, 0.25) is 0 Å². The molecule has 0 aliphatic carbocycles. The third-order valence-electron chi connectivity index (χ3n) is 2.88. The van der Waals surface area contributed by atoms with Gasteiger partial charge in [0.25, 0.3) is 0 Å². The van der Waals surface area contributed by atoms with E-state index >= 15 is 0 Å². The molecule has 0 saturated heterocycles. The lowest BCUT2D eigenvalue weighted by molar-refractivity contribution is 0.751. The van der Waals surface area contributed by atoms with Gasteiger partial charge in [-0.15, -0.1) is 0 Å². The van der Waals surface area contributed by atoms with Crippen molar-refractivity contribution < 1.29 is 0 Å². The van der Waals surface area contributed by atoms with Crippen molar-refractivity contribution in [1.29, 1.82) is 0 Å². The van der Waals surface area contributed by atoms with Crippen molar-refractivity contribution in [2.75, 3.05) is 5.32 Å². The van der Waals surface area contributed by atoms with Crippen LogP contribution in [0.5, 0.6) is 0 Å². The van der Waals surface area contributed by atoms with Crippen molar-refractivity contribution in [3.8, 4) is 0 Å². The van der Waals surface area contributed by atoms with E-state index in [9.17, 15) is 0 Å². The molecule has 90 valence electrons. The Bertz CT molecular complexity index is 688. The van der Waals surface area contributed by atoms with E-state index in [-0.39, 0.29) is 0 Å². The highest BCUT2D eigenvalue weighted by atomic mass is 15.3. The van der Waals surface area contributed by atoms with E-state index in [4.69, 9.17) is 0 Å². The number of hydrogen-bond acceptors (Lipinski definition) is 5. The van der Waals surface area contributed by atoms with Crippen molar-refractivity contribution in [3.05, 3.63) is 36.5 Å². The molecule has 1 aromatic carbocycles. The second-order valence-electron chi connectivity index (χ2n) is 4.03. The van der Waals surface area contributed by atoms with Gasteiger partial charge in [0.1, 0.15) is 12.7 Å². The zero-order valence-electron chi connectivity index (χ0n) is 10.1. The van der Waals surface area contributed by atoms with Gasteiger partial charge in [-0.05, 0) is 25.1 Å². The number of benzene rings is 1. The molecule has 2 heterocycles. The largest absolute Gasteiger partial charge is 0.324 e. The van der Waals surface area contributed by atoms with E-state index in [0.717, 1.165) is 22.3 Å². The van der Waals surface area contributed by atoms with Crippen LogP contribution >= 0.6 is 0 Å². The molecule has 0 aliphatic rings. The molecule has 6 nitrogen and oxygen atoms in total. The topological polar surface area (TPSA) is 68.5 Å². The molecular weight excluding hydrogens is 228 g/mol. The van der Waals surface area contributed by atoms with Gasteiger partial charge in [0.15, 0.2) is 0 Å². The van der Waals surface area contributed by atoms with Crippen LogP contribution in [0, 0.1) is 6.92 Å². The molecule has 3 aromatic rings. The normalized spacial score (nSPS) is 10.8. The summed E-state index contributed by atoms with van der Waals surface area (Å²) < 4.78 is 1.87. The van der Waals surface area contributed by atoms with E-state index < -0.39 is 0 Å². The summed E-state index contributed by atoms with van der Waals surface area (Å²) >= 11 is 0. The van der Waals surface area contributed by atoms with Crippen LogP contribution in [0.15, 0.2) is 30.9 Å². The molecule has 0 unspecified atom stereocenters. The summed E-state index contributed by atoms with van der Waals surface area (Å²) in [6.45, 7) is 2.05. The summed E-state index contributed by atoms with van der Waals surface area (Å²) in [7, 11) is 1.94. The number of nitrogens with one attached hydrogen (secondary N) is 1. The average Bonchev–Trinajstić information content (AvgIpc) is 2.66. The SMILES string of the molecule is Cc1c2ccc(Nc3ncncn3)cc2nn1C. The van der Waals surface area contributed by atoms with E-state index in [1.165, 1.54) is 12.7 Å². The maximum atomic E-state index is 4.44. The molecule has 3 rings (SSSR count). The van der Waals surface area contributed by atoms with E-state index in [1.807, 2.05) is 29.9 Å². The zero-order valence-corrected chi connectivity index (χ0v) is 10.1. The molecular formula is C12H12N6. The lowest BCUT2D eigenvalue weighted by Gasteiger charge is -2.03. The summed E-state index contributed by atoms with van der Waals surface area (Å²) in [6.07, 6.45) is 2.91. The van der Waals surface area contributed by atoms with Crippen LogP contribution in [0.3, 0.4) is 0 Å². The van der Waals surface area contributed by atoms with Gasteiger partial charge in [0, 0.05) is 23.8 Å². The van der Waals surface area contributed by atoms with Crippen molar-refractivity contribution in [2.45, 2.75) is 6.92 Å². The molecule has 18 heavy (non-hydrogen) atoms. The third-order valence-corrected chi connectivity index (χ3v) is 2.88. The number of hydrogen-bond donors (Lipinski definition) is 1. The minimum absolute atomic E-state index is 0.525. The fraction of sp³-hybridized carbons (Fsp3) is 0.167. The van der Waals surface area contributed by atoms with Gasteiger partial charge >= 0.3 is 0 Å². The Kier molecular flexibility index (Phi) is 2.40. The molecule has 0 bridgehead atoms. The first kappa shape index (κ1) is 10.6. The highest BCUT2D eigenvalue weighted by Crippen LogP contribution is 2.22. The van der Waals surface area contributed by atoms with Gasteiger partial charge in [-0.1, -0.05) is 0 Å². The predicted molar refractivity (Wildman–Crippen MR) is 68.6 cm³/mol. The number of anilines is 2. The van der Waals surface area contributed by atoms with Gasteiger partial charge in [-0.25, -0.2) is 15.0 Å². The van der Waals surface area contributed by atoms with Gasteiger partial charge < -0.3 is 5.32 Å². The maximum Gasteiger partial charge on any atom is 0.230 e. The fourth-order valence-corrected chi connectivity index (χ4v) is 1.84. The molecule has 0 aliphatic heterocycles. The first-order valence-electron chi connectivity index (χ1n) is 5.56. The summed E-state index contributed by atoms with van der Waals surface area (Å²) in [5.41, 5.74) is 3.01. The Morgan fingerprint density at radius 2 is 1.94 bits per heavy atom. The minimum atomic E-state index is 0.525. The first-order chi connectivity index (χ1) is 8.74. The van der Waals surface area contributed by atoms with Gasteiger partial charge in [-0.3, -0.25) is 4.68 Å². The van der Waals surface area contributed by atoms with E-state index in [2.05, 4.69) is 32.3 Å². The highest BCUT2D eigenvalue weighted by molar-refractivity contribution is 5.85. The van der Waals surface area contributed by atoms with Crippen LogP contribution in [0.4, 0.5) is 11.6 Å². The molecule has 0 amide bonds. The van der Waals surface area contributed by atoms with Crippen molar-refractivity contribution >= 4 is 22.5 Å². The summed E-state index contributed by atoms with van der Waals surface area (Å²) in [6, 6.07) is 6.01. The Morgan fingerprint density at radius 3 is 2.72 bits per heavy atom. The molecule has 6 heteroatoms. The molecule has 0 fully saturated rings. The molecule has 0 radical (unpaired) electrons.